The van der Waals surface area contributed by atoms with Crippen LogP contribution in [0.5, 0.6) is 0 Å². The highest BCUT2D eigenvalue weighted by molar-refractivity contribution is 5.74. The molecule has 0 atom stereocenters. The maximum atomic E-state index is 12.1. The summed E-state index contributed by atoms with van der Waals surface area (Å²) >= 11 is 0. The molecule has 1 fully saturated rings. The normalized spacial score (nSPS) is 22.8. The highest BCUT2D eigenvalue weighted by atomic mass is 16.2. The van der Waals surface area contributed by atoms with Crippen molar-refractivity contribution in [3.8, 4) is 0 Å². The summed E-state index contributed by atoms with van der Waals surface area (Å²) in [6.07, 6.45) is 4.69. The van der Waals surface area contributed by atoms with Gasteiger partial charge in [-0.3, -0.25) is 0 Å². The first kappa shape index (κ1) is 13.9. The second-order valence-corrected chi connectivity index (χ2v) is 5.75. The maximum Gasteiger partial charge on any atom is 0.317 e. The van der Waals surface area contributed by atoms with Gasteiger partial charge in [0.1, 0.15) is 0 Å². The minimum Gasteiger partial charge on any atom is -0.335 e. The van der Waals surface area contributed by atoms with Crippen molar-refractivity contribution in [2.45, 2.75) is 45.2 Å². The van der Waals surface area contributed by atoms with E-state index in [-0.39, 0.29) is 6.03 Å². The second kappa shape index (κ2) is 6.60. The number of benzene rings is 1. The lowest BCUT2D eigenvalue weighted by Gasteiger charge is -2.29. The quantitative estimate of drug-likeness (QED) is 0.887. The third-order valence-electron chi connectivity index (χ3n) is 3.95. The number of urea groups is 1. The molecule has 1 aromatic carbocycles. The Kier molecular flexibility index (Phi) is 4.83. The summed E-state index contributed by atoms with van der Waals surface area (Å²) in [5.41, 5.74) is 1.16. The van der Waals surface area contributed by atoms with Gasteiger partial charge in [0.15, 0.2) is 0 Å². The van der Waals surface area contributed by atoms with Gasteiger partial charge in [0, 0.05) is 19.6 Å². The van der Waals surface area contributed by atoms with Crippen molar-refractivity contribution in [1.29, 1.82) is 0 Å². The summed E-state index contributed by atoms with van der Waals surface area (Å²) in [4.78, 5) is 13.9. The van der Waals surface area contributed by atoms with Crippen LogP contribution in [0.25, 0.3) is 0 Å². The fourth-order valence-electron chi connectivity index (χ4n) is 2.62. The number of hydrogen-bond donors (Lipinski definition) is 1. The number of carbonyl (C=O) groups is 1. The van der Waals surface area contributed by atoms with Crippen LogP contribution in [0.4, 0.5) is 4.79 Å². The van der Waals surface area contributed by atoms with Crippen LogP contribution in [-0.4, -0.2) is 24.0 Å². The van der Waals surface area contributed by atoms with Crippen LogP contribution in [0.1, 0.15) is 38.2 Å². The minimum atomic E-state index is 0.0448. The Morgan fingerprint density at radius 3 is 2.47 bits per heavy atom. The van der Waals surface area contributed by atoms with Crippen molar-refractivity contribution in [2.75, 3.05) is 7.05 Å². The molecule has 3 nitrogen and oxygen atoms in total. The number of amides is 2. The van der Waals surface area contributed by atoms with Gasteiger partial charge in [-0.05, 0) is 37.2 Å². The van der Waals surface area contributed by atoms with Gasteiger partial charge in [-0.15, -0.1) is 0 Å². The minimum absolute atomic E-state index is 0.0448. The maximum absolute atomic E-state index is 12.1. The predicted octanol–water partition coefficient (Wildman–Crippen LogP) is 3.41. The van der Waals surface area contributed by atoms with Crippen molar-refractivity contribution in [3.05, 3.63) is 35.9 Å². The van der Waals surface area contributed by atoms with E-state index in [0.717, 1.165) is 24.3 Å². The molecular weight excluding hydrogens is 236 g/mol. The monoisotopic (exact) mass is 260 g/mol. The molecule has 2 rings (SSSR count). The van der Waals surface area contributed by atoms with Crippen LogP contribution in [0.2, 0.25) is 0 Å². The third-order valence-corrected chi connectivity index (χ3v) is 3.95. The van der Waals surface area contributed by atoms with Gasteiger partial charge in [0.2, 0.25) is 0 Å². The van der Waals surface area contributed by atoms with E-state index < -0.39 is 0 Å². The Morgan fingerprint density at radius 1 is 1.21 bits per heavy atom. The Bertz CT molecular complexity index is 396. The smallest absolute Gasteiger partial charge is 0.317 e. The van der Waals surface area contributed by atoms with E-state index in [4.69, 9.17) is 0 Å². The van der Waals surface area contributed by atoms with Crippen LogP contribution >= 0.6 is 0 Å². The Morgan fingerprint density at radius 2 is 1.84 bits per heavy atom. The first-order valence-electron chi connectivity index (χ1n) is 7.20. The molecule has 1 N–H and O–H groups in total. The summed E-state index contributed by atoms with van der Waals surface area (Å²) in [6.45, 7) is 2.95. The first-order chi connectivity index (χ1) is 9.15. The lowest BCUT2D eigenvalue weighted by Crippen LogP contribution is -2.44. The van der Waals surface area contributed by atoms with Gasteiger partial charge in [0.25, 0.3) is 0 Å². The van der Waals surface area contributed by atoms with E-state index in [2.05, 4.69) is 12.2 Å². The van der Waals surface area contributed by atoms with Crippen molar-refractivity contribution < 1.29 is 4.79 Å². The summed E-state index contributed by atoms with van der Waals surface area (Å²) in [5, 5.41) is 3.15. The Hall–Kier alpha value is -1.51. The molecule has 0 spiro atoms. The molecule has 0 bridgehead atoms. The SMILES string of the molecule is CC1CCC(NC(=O)N(C)Cc2ccccc2)CC1. The Labute approximate surface area is 116 Å². The summed E-state index contributed by atoms with van der Waals surface area (Å²) in [5.74, 6) is 0.815. The second-order valence-electron chi connectivity index (χ2n) is 5.75. The standard InChI is InChI=1S/C16H24N2O/c1-13-8-10-15(11-9-13)17-16(19)18(2)12-14-6-4-3-5-7-14/h3-7,13,15H,8-12H2,1-2H3,(H,17,19). The van der Waals surface area contributed by atoms with E-state index in [9.17, 15) is 4.79 Å². The molecule has 0 heterocycles. The molecular formula is C16H24N2O. The van der Waals surface area contributed by atoms with E-state index >= 15 is 0 Å². The largest absolute Gasteiger partial charge is 0.335 e. The predicted molar refractivity (Wildman–Crippen MR) is 77.9 cm³/mol. The van der Waals surface area contributed by atoms with Crippen molar-refractivity contribution in [2.24, 2.45) is 5.92 Å². The van der Waals surface area contributed by atoms with Crippen LogP contribution < -0.4 is 5.32 Å². The zero-order valence-corrected chi connectivity index (χ0v) is 11.9. The summed E-state index contributed by atoms with van der Waals surface area (Å²) in [6, 6.07) is 10.5. The van der Waals surface area contributed by atoms with Crippen LogP contribution in [0, 0.1) is 5.92 Å². The Balaban J connectivity index is 1.79. The van der Waals surface area contributed by atoms with Gasteiger partial charge in [0.05, 0.1) is 0 Å². The highest BCUT2D eigenvalue weighted by Crippen LogP contribution is 2.23. The number of nitrogens with one attached hydrogen (secondary N) is 1. The van der Waals surface area contributed by atoms with Gasteiger partial charge in [-0.1, -0.05) is 37.3 Å². The van der Waals surface area contributed by atoms with E-state index in [1.165, 1.54) is 12.8 Å². The van der Waals surface area contributed by atoms with Crippen molar-refractivity contribution in [3.63, 3.8) is 0 Å². The van der Waals surface area contributed by atoms with E-state index in [0.29, 0.717) is 12.6 Å². The molecule has 0 aliphatic heterocycles. The zero-order valence-electron chi connectivity index (χ0n) is 11.9. The van der Waals surface area contributed by atoms with Gasteiger partial charge >= 0.3 is 6.03 Å². The molecule has 3 heteroatoms. The number of rotatable bonds is 3. The molecule has 104 valence electrons. The van der Waals surface area contributed by atoms with Crippen LogP contribution in [0.15, 0.2) is 30.3 Å². The zero-order chi connectivity index (χ0) is 13.7. The number of carbonyl (C=O) groups excluding carboxylic acids is 1. The average molecular weight is 260 g/mol. The van der Waals surface area contributed by atoms with Gasteiger partial charge in [-0.25, -0.2) is 4.79 Å². The fraction of sp³-hybridized carbons (Fsp3) is 0.562. The summed E-state index contributed by atoms with van der Waals surface area (Å²) in [7, 11) is 1.85. The number of nitrogens with zero attached hydrogens (tertiary/aromatic N) is 1. The molecule has 1 saturated carbocycles. The summed E-state index contributed by atoms with van der Waals surface area (Å²) < 4.78 is 0. The van der Waals surface area contributed by atoms with Gasteiger partial charge < -0.3 is 10.2 Å². The molecule has 1 aliphatic carbocycles. The molecule has 2 amide bonds. The molecule has 1 aliphatic rings. The molecule has 1 aromatic rings. The topological polar surface area (TPSA) is 32.3 Å². The molecule has 0 unspecified atom stereocenters. The first-order valence-corrected chi connectivity index (χ1v) is 7.20. The van der Waals surface area contributed by atoms with Crippen molar-refractivity contribution in [1.82, 2.24) is 10.2 Å². The lowest BCUT2D eigenvalue weighted by molar-refractivity contribution is 0.195. The van der Waals surface area contributed by atoms with E-state index in [1.807, 2.05) is 37.4 Å². The van der Waals surface area contributed by atoms with Gasteiger partial charge in [-0.2, -0.15) is 0 Å². The van der Waals surface area contributed by atoms with Crippen LogP contribution in [0.3, 0.4) is 0 Å². The van der Waals surface area contributed by atoms with Crippen molar-refractivity contribution >= 4 is 6.03 Å². The molecule has 19 heavy (non-hydrogen) atoms. The highest BCUT2D eigenvalue weighted by Gasteiger charge is 2.20. The van der Waals surface area contributed by atoms with E-state index in [1.54, 1.807) is 4.90 Å². The molecule has 0 saturated heterocycles. The number of hydrogen-bond acceptors (Lipinski definition) is 1. The fourth-order valence-corrected chi connectivity index (χ4v) is 2.62. The average Bonchev–Trinajstić information content (AvgIpc) is 2.42. The molecule has 0 radical (unpaired) electrons. The molecule has 0 aromatic heterocycles. The third kappa shape index (κ3) is 4.27. The van der Waals surface area contributed by atoms with Crippen LogP contribution in [-0.2, 0) is 6.54 Å². The lowest BCUT2D eigenvalue weighted by atomic mass is 9.87.